The van der Waals surface area contributed by atoms with Gasteiger partial charge in [-0.2, -0.15) is 13.2 Å². The summed E-state index contributed by atoms with van der Waals surface area (Å²) in [5, 5.41) is 4.52. The largest absolute Gasteiger partial charge is 0.495 e. The number of nitrogens with one attached hydrogen (secondary N) is 1. The summed E-state index contributed by atoms with van der Waals surface area (Å²) in [5.74, 6) is -2.56. The third-order valence-corrected chi connectivity index (χ3v) is 6.37. The second-order valence-electron chi connectivity index (χ2n) is 7.25. The molecule has 1 aromatic carbocycles. The van der Waals surface area contributed by atoms with E-state index < -0.39 is 24.0 Å². The fourth-order valence-corrected chi connectivity index (χ4v) is 4.74. The summed E-state index contributed by atoms with van der Waals surface area (Å²) in [4.78, 5) is 26.5. The van der Waals surface area contributed by atoms with Crippen molar-refractivity contribution in [1.29, 1.82) is 0 Å². The first-order valence-corrected chi connectivity index (χ1v) is 11.1. The third-order valence-electron chi connectivity index (χ3n) is 5.15. The van der Waals surface area contributed by atoms with Crippen molar-refractivity contribution in [2.24, 2.45) is 0 Å². The number of methoxy groups -OCH3 is 1. The maximum atomic E-state index is 13.6. The number of hydrogen-bond donors (Lipinski definition) is 1. The van der Waals surface area contributed by atoms with Crippen molar-refractivity contribution >= 4 is 40.4 Å². The van der Waals surface area contributed by atoms with Crippen LogP contribution in [0.2, 0.25) is 5.02 Å². The summed E-state index contributed by atoms with van der Waals surface area (Å²) < 4.78 is 45.8. The molecule has 0 radical (unpaired) electrons. The number of ether oxygens (including phenoxy) is 1. The Kier molecular flexibility index (Phi) is 7.48. The summed E-state index contributed by atoms with van der Waals surface area (Å²) in [6.07, 6.45) is -0.743. The smallest absolute Gasteiger partial charge is 0.471 e. The topological polar surface area (TPSA) is 58.6 Å². The lowest BCUT2D eigenvalue weighted by Crippen LogP contribution is -2.50. The normalized spacial score (nSPS) is 15.9. The molecule has 2 amide bonds. The SMILES string of the molecule is COc1ccc(N(C(=O)C(F)(F)F)[C@H](C(=O)NC2CCCCC2)c2cccs2)cc1Cl. The molecule has 0 saturated heterocycles. The molecular weight excluding hydrogens is 453 g/mol. The van der Waals surface area contributed by atoms with Gasteiger partial charge < -0.3 is 10.1 Å². The number of amides is 2. The number of rotatable bonds is 6. The van der Waals surface area contributed by atoms with Gasteiger partial charge in [0.2, 0.25) is 5.91 Å². The van der Waals surface area contributed by atoms with E-state index in [9.17, 15) is 22.8 Å². The molecule has 1 fully saturated rings. The molecule has 0 bridgehead atoms. The van der Waals surface area contributed by atoms with Crippen molar-refractivity contribution in [3.05, 3.63) is 45.6 Å². The fourth-order valence-electron chi connectivity index (χ4n) is 3.67. The van der Waals surface area contributed by atoms with Gasteiger partial charge in [-0.15, -0.1) is 11.3 Å². The molecule has 168 valence electrons. The van der Waals surface area contributed by atoms with Crippen LogP contribution in [0, 0.1) is 0 Å². The molecule has 2 aromatic rings. The predicted octanol–water partition coefficient (Wildman–Crippen LogP) is 5.50. The van der Waals surface area contributed by atoms with E-state index in [4.69, 9.17) is 16.3 Å². The van der Waals surface area contributed by atoms with Gasteiger partial charge >= 0.3 is 12.1 Å². The van der Waals surface area contributed by atoms with Crippen molar-refractivity contribution < 1.29 is 27.5 Å². The van der Waals surface area contributed by atoms with Crippen LogP contribution in [-0.2, 0) is 9.59 Å². The number of alkyl halides is 3. The van der Waals surface area contributed by atoms with Gasteiger partial charge in [0.15, 0.2) is 6.04 Å². The molecule has 0 spiro atoms. The molecule has 1 atom stereocenters. The average molecular weight is 475 g/mol. The van der Waals surface area contributed by atoms with Gasteiger partial charge in [0.25, 0.3) is 0 Å². The number of carbonyl (C=O) groups is 2. The van der Waals surface area contributed by atoms with Crippen LogP contribution in [0.3, 0.4) is 0 Å². The highest BCUT2D eigenvalue weighted by Gasteiger charge is 2.48. The Hall–Kier alpha value is -2.26. The molecule has 0 aliphatic heterocycles. The Bertz CT molecular complexity index is 915. The monoisotopic (exact) mass is 474 g/mol. The number of anilines is 1. The minimum absolute atomic E-state index is 0.0255. The number of hydrogen-bond acceptors (Lipinski definition) is 4. The zero-order valence-electron chi connectivity index (χ0n) is 16.7. The first-order chi connectivity index (χ1) is 14.7. The van der Waals surface area contributed by atoms with Crippen LogP contribution in [0.25, 0.3) is 0 Å². The number of thiophene rings is 1. The fraction of sp³-hybridized carbons (Fsp3) is 0.429. The lowest BCUT2D eigenvalue weighted by atomic mass is 9.95. The molecule has 10 heteroatoms. The van der Waals surface area contributed by atoms with Gasteiger partial charge in [-0.25, -0.2) is 0 Å². The van der Waals surface area contributed by atoms with Crippen LogP contribution < -0.4 is 15.0 Å². The van der Waals surface area contributed by atoms with E-state index in [0.29, 0.717) is 9.78 Å². The molecule has 1 aliphatic carbocycles. The molecule has 1 saturated carbocycles. The highest BCUT2D eigenvalue weighted by atomic mass is 35.5. The molecular formula is C21H22ClF3N2O3S. The minimum atomic E-state index is -5.19. The van der Waals surface area contributed by atoms with Gasteiger partial charge in [0, 0.05) is 16.6 Å². The summed E-state index contributed by atoms with van der Waals surface area (Å²) in [7, 11) is 1.37. The minimum Gasteiger partial charge on any atom is -0.495 e. The maximum Gasteiger partial charge on any atom is 0.471 e. The second-order valence-corrected chi connectivity index (χ2v) is 8.64. The standard InChI is InChI=1S/C21H22ClF3N2O3S/c1-30-16-10-9-14(12-15(16)22)27(20(29)21(23,24)25)18(17-8-5-11-31-17)19(28)26-13-6-3-2-4-7-13/h5,8-13,18H,2-4,6-7H2,1H3,(H,26,28)/t18-/m0/s1. The zero-order chi connectivity index (χ0) is 22.6. The Morgan fingerprint density at radius 1 is 1.23 bits per heavy atom. The van der Waals surface area contributed by atoms with Gasteiger partial charge in [-0.05, 0) is 42.5 Å². The number of benzene rings is 1. The number of nitrogens with zero attached hydrogens (tertiary/aromatic N) is 1. The van der Waals surface area contributed by atoms with Crippen molar-refractivity contribution in [3.8, 4) is 5.75 Å². The highest BCUT2D eigenvalue weighted by molar-refractivity contribution is 7.10. The van der Waals surface area contributed by atoms with E-state index in [1.54, 1.807) is 11.4 Å². The van der Waals surface area contributed by atoms with E-state index in [0.717, 1.165) is 43.4 Å². The number of halogens is 4. The van der Waals surface area contributed by atoms with Crippen molar-refractivity contribution in [2.45, 2.75) is 50.4 Å². The van der Waals surface area contributed by atoms with Crippen molar-refractivity contribution in [2.75, 3.05) is 12.0 Å². The molecule has 31 heavy (non-hydrogen) atoms. The van der Waals surface area contributed by atoms with E-state index in [1.165, 1.54) is 31.4 Å². The van der Waals surface area contributed by atoms with Crippen LogP contribution in [-0.4, -0.2) is 31.1 Å². The Labute approximate surface area is 187 Å². The van der Waals surface area contributed by atoms with Crippen LogP contribution in [0.1, 0.15) is 43.0 Å². The Balaban J connectivity index is 2.05. The highest BCUT2D eigenvalue weighted by Crippen LogP contribution is 2.37. The zero-order valence-corrected chi connectivity index (χ0v) is 18.3. The molecule has 1 N–H and O–H groups in total. The summed E-state index contributed by atoms with van der Waals surface area (Å²) in [5.41, 5.74) is -0.148. The van der Waals surface area contributed by atoms with Crippen LogP contribution in [0.4, 0.5) is 18.9 Å². The van der Waals surface area contributed by atoms with Crippen molar-refractivity contribution in [3.63, 3.8) is 0 Å². The number of carbonyl (C=O) groups excluding carboxylic acids is 2. The van der Waals surface area contributed by atoms with Crippen LogP contribution in [0.15, 0.2) is 35.7 Å². The Morgan fingerprint density at radius 2 is 1.94 bits per heavy atom. The molecule has 3 rings (SSSR count). The average Bonchev–Trinajstić information content (AvgIpc) is 3.25. The van der Waals surface area contributed by atoms with Crippen LogP contribution in [0.5, 0.6) is 5.75 Å². The summed E-state index contributed by atoms with van der Waals surface area (Å²) >= 11 is 7.22. The molecule has 1 aromatic heterocycles. The van der Waals surface area contributed by atoms with Gasteiger partial charge in [0.1, 0.15) is 5.75 Å². The molecule has 1 heterocycles. The maximum absolute atomic E-state index is 13.6. The van der Waals surface area contributed by atoms with Crippen LogP contribution >= 0.6 is 22.9 Å². The summed E-state index contributed by atoms with van der Waals surface area (Å²) in [6.45, 7) is 0. The van der Waals surface area contributed by atoms with E-state index in [1.807, 2.05) is 0 Å². The van der Waals surface area contributed by atoms with Crippen molar-refractivity contribution in [1.82, 2.24) is 5.32 Å². The third kappa shape index (κ3) is 5.51. The van der Waals surface area contributed by atoms with E-state index in [2.05, 4.69) is 5.32 Å². The quantitative estimate of drug-likeness (QED) is 0.601. The lowest BCUT2D eigenvalue weighted by molar-refractivity contribution is -0.171. The van der Waals surface area contributed by atoms with Gasteiger partial charge in [-0.3, -0.25) is 14.5 Å². The predicted molar refractivity (Wildman–Crippen MR) is 114 cm³/mol. The van der Waals surface area contributed by atoms with Gasteiger partial charge in [0.05, 0.1) is 12.1 Å². The second kappa shape index (κ2) is 9.91. The molecule has 5 nitrogen and oxygen atoms in total. The van der Waals surface area contributed by atoms with Gasteiger partial charge in [-0.1, -0.05) is 36.9 Å². The van der Waals surface area contributed by atoms with E-state index >= 15 is 0 Å². The molecule has 0 unspecified atom stereocenters. The first kappa shape index (κ1) is 23.4. The Morgan fingerprint density at radius 3 is 2.48 bits per heavy atom. The van der Waals surface area contributed by atoms with E-state index in [-0.39, 0.29) is 22.5 Å². The first-order valence-electron chi connectivity index (χ1n) is 9.80. The summed E-state index contributed by atoms with van der Waals surface area (Å²) in [6, 6.07) is 5.38. The lowest BCUT2D eigenvalue weighted by Gasteiger charge is -2.33. The molecule has 1 aliphatic rings.